The zero-order chi connectivity index (χ0) is 19.8. The van der Waals surface area contributed by atoms with Gasteiger partial charge >= 0.3 is 0 Å². The number of carbonyl (C=O) groups excluding carboxylic acids is 1. The van der Waals surface area contributed by atoms with Crippen LogP contribution in [0.3, 0.4) is 0 Å². The molecule has 0 N–H and O–H groups in total. The monoisotopic (exact) mass is 401 g/mol. The van der Waals surface area contributed by atoms with Gasteiger partial charge in [0, 0.05) is 32.5 Å². The maximum absolute atomic E-state index is 13.2. The fourth-order valence-corrected chi connectivity index (χ4v) is 3.32. The Morgan fingerprint density at radius 1 is 1.18 bits per heavy atom. The smallest absolute Gasteiger partial charge is 0.275 e. The van der Waals surface area contributed by atoms with Gasteiger partial charge < -0.3 is 14.4 Å². The lowest BCUT2D eigenvalue weighted by Crippen LogP contribution is -2.31. The van der Waals surface area contributed by atoms with E-state index < -0.39 is 0 Å². The van der Waals surface area contributed by atoms with Crippen LogP contribution in [0.2, 0.25) is 5.02 Å². The molecular weight excluding hydrogens is 382 g/mol. The Labute approximate surface area is 167 Å². The van der Waals surface area contributed by atoms with Crippen molar-refractivity contribution in [1.82, 2.24) is 24.5 Å². The Hall–Kier alpha value is -3.00. The summed E-state index contributed by atoms with van der Waals surface area (Å²) in [5.41, 5.74) is 2.83. The van der Waals surface area contributed by atoms with Gasteiger partial charge in [0.2, 0.25) is 6.79 Å². The summed E-state index contributed by atoms with van der Waals surface area (Å²) >= 11 is 6.27. The third-order valence-corrected chi connectivity index (χ3v) is 4.94. The molecule has 0 unspecified atom stereocenters. The van der Waals surface area contributed by atoms with Gasteiger partial charge in [0.05, 0.1) is 11.6 Å². The number of hydrogen-bond donors (Lipinski definition) is 0. The molecule has 0 radical (unpaired) electrons. The van der Waals surface area contributed by atoms with E-state index in [0.29, 0.717) is 34.5 Å². The number of fused-ring (bicyclic) bond motifs is 1. The average molecular weight is 402 g/mol. The van der Waals surface area contributed by atoms with Crippen molar-refractivity contribution in [1.29, 1.82) is 0 Å². The van der Waals surface area contributed by atoms with Gasteiger partial charge in [-0.2, -0.15) is 10.2 Å². The first-order valence-electron chi connectivity index (χ1n) is 8.77. The summed E-state index contributed by atoms with van der Waals surface area (Å²) < 4.78 is 14.1. The highest BCUT2D eigenvalue weighted by Gasteiger charge is 2.23. The molecule has 1 aliphatic heterocycles. The summed E-state index contributed by atoms with van der Waals surface area (Å²) in [7, 11) is 3.60. The van der Waals surface area contributed by atoms with Gasteiger partial charge in [-0.3, -0.25) is 14.2 Å². The summed E-state index contributed by atoms with van der Waals surface area (Å²) in [4.78, 5) is 14.9. The van der Waals surface area contributed by atoms with Crippen molar-refractivity contribution in [3.05, 3.63) is 58.1 Å². The maximum atomic E-state index is 13.2. The van der Waals surface area contributed by atoms with Crippen LogP contribution >= 0.6 is 11.6 Å². The summed E-state index contributed by atoms with van der Waals surface area (Å²) in [6, 6.07) is 7.41. The second-order valence-electron chi connectivity index (χ2n) is 6.74. The first-order valence-corrected chi connectivity index (χ1v) is 9.15. The number of aromatic nitrogens is 4. The minimum Gasteiger partial charge on any atom is -0.454 e. The molecule has 9 heteroatoms. The average Bonchev–Trinajstić information content (AvgIpc) is 3.33. The third kappa shape index (κ3) is 3.55. The molecule has 3 aromatic rings. The molecule has 146 valence electrons. The summed E-state index contributed by atoms with van der Waals surface area (Å²) in [5, 5.41) is 9.21. The van der Waals surface area contributed by atoms with Gasteiger partial charge in [-0.1, -0.05) is 17.7 Å². The first kappa shape index (κ1) is 18.4. The normalized spacial score (nSPS) is 12.4. The van der Waals surface area contributed by atoms with Crippen LogP contribution in [0, 0.1) is 6.92 Å². The summed E-state index contributed by atoms with van der Waals surface area (Å²) in [6.45, 7) is 2.74. The Bertz CT molecular complexity index is 1020. The van der Waals surface area contributed by atoms with Gasteiger partial charge in [0.15, 0.2) is 17.2 Å². The fourth-order valence-electron chi connectivity index (χ4n) is 3.08. The minimum atomic E-state index is -0.192. The number of benzene rings is 1. The largest absolute Gasteiger partial charge is 0.454 e. The number of ether oxygens (including phenoxy) is 2. The highest BCUT2D eigenvalue weighted by atomic mass is 35.5. The predicted molar refractivity (Wildman–Crippen MR) is 102 cm³/mol. The first-order chi connectivity index (χ1) is 13.4. The van der Waals surface area contributed by atoms with Crippen LogP contribution < -0.4 is 9.47 Å². The van der Waals surface area contributed by atoms with Crippen molar-refractivity contribution in [2.75, 3.05) is 6.79 Å². The molecular formula is C19H20ClN5O3. The number of rotatable bonds is 5. The molecule has 3 heterocycles. The Kier molecular flexibility index (Phi) is 4.72. The van der Waals surface area contributed by atoms with Crippen molar-refractivity contribution in [3.8, 4) is 11.5 Å². The lowest BCUT2D eigenvalue weighted by Gasteiger charge is -2.21. The fraction of sp³-hybridized carbons (Fsp3) is 0.316. The van der Waals surface area contributed by atoms with E-state index in [1.807, 2.05) is 32.2 Å². The highest BCUT2D eigenvalue weighted by molar-refractivity contribution is 6.31. The summed E-state index contributed by atoms with van der Waals surface area (Å²) in [6.07, 6.45) is 1.71. The van der Waals surface area contributed by atoms with E-state index in [2.05, 4.69) is 10.2 Å². The van der Waals surface area contributed by atoms with E-state index in [4.69, 9.17) is 21.1 Å². The molecule has 4 rings (SSSR count). The van der Waals surface area contributed by atoms with Crippen LogP contribution in [0.4, 0.5) is 0 Å². The number of halogens is 1. The zero-order valence-corrected chi connectivity index (χ0v) is 16.6. The standard InChI is InChI=1S/C19H20ClN5O3/c1-12-6-15(22-24(12)3)19(26)25(10-16-14(20)9-23(2)21-16)8-13-4-5-17-18(7-13)28-11-27-17/h4-7,9H,8,10-11H2,1-3H3. The van der Waals surface area contributed by atoms with Crippen molar-refractivity contribution < 1.29 is 14.3 Å². The zero-order valence-electron chi connectivity index (χ0n) is 15.8. The second kappa shape index (κ2) is 7.20. The highest BCUT2D eigenvalue weighted by Crippen LogP contribution is 2.33. The molecule has 0 atom stereocenters. The molecule has 0 saturated carbocycles. The van der Waals surface area contributed by atoms with Gasteiger partial charge in [-0.05, 0) is 30.7 Å². The Balaban J connectivity index is 1.64. The lowest BCUT2D eigenvalue weighted by atomic mass is 10.1. The van der Waals surface area contributed by atoms with E-state index in [1.165, 1.54) is 0 Å². The van der Waals surface area contributed by atoms with E-state index in [9.17, 15) is 4.79 Å². The SMILES string of the molecule is Cc1cc(C(=O)N(Cc2ccc3c(c2)OCO3)Cc2nn(C)cc2Cl)nn1C. The van der Waals surface area contributed by atoms with Crippen molar-refractivity contribution in [2.24, 2.45) is 14.1 Å². The van der Waals surface area contributed by atoms with Crippen LogP contribution in [-0.4, -0.2) is 37.2 Å². The molecule has 1 aliphatic rings. The van der Waals surface area contributed by atoms with Crippen molar-refractivity contribution >= 4 is 17.5 Å². The predicted octanol–water partition coefficient (Wildman–Crippen LogP) is 2.69. The molecule has 28 heavy (non-hydrogen) atoms. The van der Waals surface area contributed by atoms with E-state index in [-0.39, 0.29) is 19.2 Å². The van der Waals surface area contributed by atoms with E-state index in [0.717, 1.165) is 11.3 Å². The molecule has 0 saturated heterocycles. The quantitative estimate of drug-likeness (QED) is 0.657. The number of amides is 1. The molecule has 1 amide bonds. The molecule has 0 fully saturated rings. The van der Waals surface area contributed by atoms with Gasteiger partial charge in [0.1, 0.15) is 5.69 Å². The van der Waals surface area contributed by atoms with Crippen LogP contribution in [0.15, 0.2) is 30.5 Å². The van der Waals surface area contributed by atoms with E-state index >= 15 is 0 Å². The number of carbonyl (C=O) groups is 1. The van der Waals surface area contributed by atoms with Crippen LogP contribution in [0.25, 0.3) is 0 Å². The van der Waals surface area contributed by atoms with Gasteiger partial charge in [-0.15, -0.1) is 0 Å². The molecule has 0 bridgehead atoms. The van der Waals surface area contributed by atoms with E-state index in [1.54, 1.807) is 33.6 Å². The molecule has 8 nitrogen and oxygen atoms in total. The van der Waals surface area contributed by atoms with Crippen LogP contribution in [0.1, 0.15) is 27.4 Å². The van der Waals surface area contributed by atoms with Crippen LogP contribution in [0.5, 0.6) is 11.5 Å². The Morgan fingerprint density at radius 2 is 1.96 bits per heavy atom. The summed E-state index contributed by atoms with van der Waals surface area (Å²) in [5.74, 6) is 1.19. The molecule has 1 aromatic carbocycles. The van der Waals surface area contributed by atoms with Crippen molar-refractivity contribution in [2.45, 2.75) is 20.0 Å². The van der Waals surface area contributed by atoms with Crippen LogP contribution in [-0.2, 0) is 27.2 Å². The molecule has 0 aliphatic carbocycles. The number of aryl methyl sites for hydroxylation is 3. The molecule has 2 aromatic heterocycles. The third-order valence-electron chi connectivity index (χ3n) is 4.63. The topological polar surface area (TPSA) is 74.4 Å². The van der Waals surface area contributed by atoms with Crippen molar-refractivity contribution in [3.63, 3.8) is 0 Å². The lowest BCUT2D eigenvalue weighted by molar-refractivity contribution is 0.0720. The number of hydrogen-bond acceptors (Lipinski definition) is 5. The second-order valence-corrected chi connectivity index (χ2v) is 7.15. The van der Waals surface area contributed by atoms with Gasteiger partial charge in [-0.25, -0.2) is 0 Å². The van der Waals surface area contributed by atoms with Gasteiger partial charge in [0.25, 0.3) is 5.91 Å². The molecule has 0 spiro atoms. The maximum Gasteiger partial charge on any atom is 0.275 e. The number of nitrogens with zero attached hydrogens (tertiary/aromatic N) is 5. The minimum absolute atomic E-state index is 0.192. The Morgan fingerprint density at radius 3 is 2.64 bits per heavy atom.